The van der Waals surface area contributed by atoms with Crippen LogP contribution in [0, 0.1) is 0 Å². The van der Waals surface area contributed by atoms with Crippen LogP contribution in [0.5, 0.6) is 0 Å². The summed E-state index contributed by atoms with van der Waals surface area (Å²) in [5.74, 6) is -0.305. The predicted molar refractivity (Wildman–Crippen MR) is 55.3 cm³/mol. The van der Waals surface area contributed by atoms with Gasteiger partial charge in [-0.3, -0.25) is 4.79 Å². The molecular formula is C9H13NO4S. The number of hydrogen-bond acceptors (Lipinski definition) is 5. The van der Waals surface area contributed by atoms with Crippen LogP contribution in [0.25, 0.3) is 0 Å². The minimum absolute atomic E-state index is 0.0966. The number of ketones is 1. The van der Waals surface area contributed by atoms with Gasteiger partial charge in [-0.05, 0) is 18.6 Å². The number of Topliss-reactive ketones (excluding diaryl/α,β-unsaturated/α-hetero) is 1. The topological polar surface area (TPSA) is 90.4 Å². The molecule has 0 radical (unpaired) electrons. The smallest absolute Gasteiger partial charge is 0.214 e. The minimum Gasteiger partial charge on any atom is -0.461 e. The second kappa shape index (κ2) is 4.59. The molecule has 1 atom stereocenters. The molecule has 0 bridgehead atoms. The summed E-state index contributed by atoms with van der Waals surface area (Å²) < 4.78 is 26.6. The highest BCUT2D eigenvalue weighted by molar-refractivity contribution is 7.90. The van der Waals surface area contributed by atoms with Crippen molar-refractivity contribution in [3.05, 3.63) is 24.2 Å². The van der Waals surface area contributed by atoms with Gasteiger partial charge < -0.3 is 10.2 Å². The van der Waals surface area contributed by atoms with Crippen molar-refractivity contribution >= 4 is 15.6 Å². The first-order valence-corrected chi connectivity index (χ1v) is 6.47. The first-order valence-electron chi connectivity index (χ1n) is 4.41. The number of furan rings is 1. The lowest BCUT2D eigenvalue weighted by Crippen LogP contribution is -2.32. The van der Waals surface area contributed by atoms with E-state index in [1.807, 2.05) is 0 Å². The van der Waals surface area contributed by atoms with Crippen LogP contribution in [-0.4, -0.2) is 32.3 Å². The van der Waals surface area contributed by atoms with E-state index in [-0.39, 0.29) is 23.7 Å². The van der Waals surface area contributed by atoms with Crippen LogP contribution in [0.3, 0.4) is 0 Å². The Morgan fingerprint density at radius 1 is 1.60 bits per heavy atom. The lowest BCUT2D eigenvalue weighted by molar-refractivity contribution is 0.0932. The lowest BCUT2D eigenvalue weighted by Gasteiger charge is -2.07. The van der Waals surface area contributed by atoms with Crippen LogP contribution in [-0.2, 0) is 9.84 Å². The van der Waals surface area contributed by atoms with Crippen LogP contribution in [0.15, 0.2) is 22.8 Å². The highest BCUT2D eigenvalue weighted by Crippen LogP contribution is 2.06. The van der Waals surface area contributed by atoms with Gasteiger partial charge in [0.1, 0.15) is 9.84 Å². The first kappa shape index (κ1) is 11.9. The van der Waals surface area contributed by atoms with E-state index in [4.69, 9.17) is 10.2 Å². The zero-order chi connectivity index (χ0) is 11.5. The zero-order valence-electron chi connectivity index (χ0n) is 8.34. The molecule has 2 N–H and O–H groups in total. The molecule has 1 aromatic heterocycles. The van der Waals surface area contributed by atoms with Crippen molar-refractivity contribution in [3.63, 3.8) is 0 Å². The Bertz CT molecular complexity index is 421. The van der Waals surface area contributed by atoms with Gasteiger partial charge in [0.2, 0.25) is 5.78 Å². The second-order valence-electron chi connectivity index (χ2n) is 3.37. The summed E-state index contributed by atoms with van der Waals surface area (Å²) in [6.07, 6.45) is 2.59. The van der Waals surface area contributed by atoms with Gasteiger partial charge in [-0.2, -0.15) is 0 Å². The Morgan fingerprint density at radius 3 is 2.73 bits per heavy atom. The fourth-order valence-electron chi connectivity index (χ4n) is 1.07. The van der Waals surface area contributed by atoms with Crippen molar-refractivity contribution < 1.29 is 17.6 Å². The van der Waals surface area contributed by atoms with Crippen LogP contribution in [0.1, 0.15) is 17.0 Å². The molecule has 5 nitrogen and oxygen atoms in total. The number of sulfone groups is 1. The Labute approximate surface area is 88.2 Å². The summed E-state index contributed by atoms with van der Waals surface area (Å²) in [5.41, 5.74) is 5.54. The molecule has 0 saturated carbocycles. The highest BCUT2D eigenvalue weighted by atomic mass is 32.2. The van der Waals surface area contributed by atoms with Gasteiger partial charge in [0.25, 0.3) is 0 Å². The fourth-order valence-corrected chi connectivity index (χ4v) is 1.76. The van der Waals surface area contributed by atoms with Crippen molar-refractivity contribution in [3.8, 4) is 0 Å². The van der Waals surface area contributed by atoms with Gasteiger partial charge in [0.15, 0.2) is 5.76 Å². The molecule has 0 amide bonds. The molecule has 1 unspecified atom stereocenters. The van der Waals surface area contributed by atoms with E-state index < -0.39 is 15.9 Å². The number of hydrogen-bond donors (Lipinski definition) is 1. The van der Waals surface area contributed by atoms with E-state index in [2.05, 4.69) is 0 Å². The maximum Gasteiger partial charge on any atom is 0.214 e. The Kier molecular flexibility index (Phi) is 3.65. The Balaban J connectivity index is 2.55. The quantitative estimate of drug-likeness (QED) is 0.732. The largest absolute Gasteiger partial charge is 0.461 e. The molecule has 1 rings (SSSR count). The molecule has 0 spiro atoms. The molecule has 6 heteroatoms. The standard InChI is InChI=1S/C9H13NO4S/c1-15(12,13)6-4-7(10)9(11)8-3-2-5-14-8/h2-3,5,7H,4,6,10H2,1H3. The summed E-state index contributed by atoms with van der Waals surface area (Å²) in [6.45, 7) is 0. The van der Waals surface area contributed by atoms with E-state index in [1.54, 1.807) is 6.07 Å². The normalized spacial score (nSPS) is 13.7. The summed E-state index contributed by atoms with van der Waals surface area (Å²) in [7, 11) is -3.08. The molecule has 0 aromatic carbocycles. The lowest BCUT2D eigenvalue weighted by atomic mass is 10.1. The Hall–Kier alpha value is -1.14. The van der Waals surface area contributed by atoms with Gasteiger partial charge in [0.05, 0.1) is 18.1 Å². The molecule has 15 heavy (non-hydrogen) atoms. The predicted octanol–water partition coefficient (Wildman–Crippen LogP) is 0.224. The van der Waals surface area contributed by atoms with Crippen LogP contribution in [0.4, 0.5) is 0 Å². The molecule has 0 aliphatic rings. The van der Waals surface area contributed by atoms with E-state index in [0.717, 1.165) is 6.26 Å². The van der Waals surface area contributed by atoms with E-state index in [1.165, 1.54) is 12.3 Å². The van der Waals surface area contributed by atoms with Crippen molar-refractivity contribution in [1.29, 1.82) is 0 Å². The van der Waals surface area contributed by atoms with E-state index in [9.17, 15) is 13.2 Å². The third-order valence-electron chi connectivity index (χ3n) is 1.90. The maximum absolute atomic E-state index is 11.5. The molecule has 84 valence electrons. The third-order valence-corrected chi connectivity index (χ3v) is 2.88. The van der Waals surface area contributed by atoms with Gasteiger partial charge in [0, 0.05) is 6.26 Å². The fraction of sp³-hybridized carbons (Fsp3) is 0.444. The molecule has 0 aliphatic carbocycles. The van der Waals surface area contributed by atoms with Gasteiger partial charge in [-0.25, -0.2) is 8.42 Å². The first-order chi connectivity index (χ1) is 6.90. The molecular weight excluding hydrogens is 218 g/mol. The van der Waals surface area contributed by atoms with E-state index in [0.29, 0.717) is 0 Å². The minimum atomic E-state index is -3.08. The van der Waals surface area contributed by atoms with Gasteiger partial charge >= 0.3 is 0 Å². The number of nitrogens with two attached hydrogens (primary N) is 1. The van der Waals surface area contributed by atoms with Crippen molar-refractivity contribution in [2.75, 3.05) is 12.0 Å². The zero-order valence-corrected chi connectivity index (χ0v) is 9.16. The number of rotatable bonds is 5. The van der Waals surface area contributed by atoms with Crippen molar-refractivity contribution in [2.45, 2.75) is 12.5 Å². The third kappa shape index (κ3) is 3.85. The summed E-state index contributed by atoms with van der Waals surface area (Å²) in [5, 5.41) is 0. The van der Waals surface area contributed by atoms with Crippen LogP contribution in [0.2, 0.25) is 0 Å². The molecule has 0 aliphatic heterocycles. The van der Waals surface area contributed by atoms with Crippen LogP contribution < -0.4 is 5.73 Å². The van der Waals surface area contributed by atoms with E-state index >= 15 is 0 Å². The number of carbonyl (C=O) groups excluding carboxylic acids is 1. The van der Waals surface area contributed by atoms with Crippen LogP contribution >= 0.6 is 0 Å². The average molecular weight is 231 g/mol. The monoisotopic (exact) mass is 231 g/mol. The molecule has 1 heterocycles. The highest BCUT2D eigenvalue weighted by Gasteiger charge is 2.19. The SMILES string of the molecule is CS(=O)(=O)CCC(N)C(=O)c1ccco1. The average Bonchev–Trinajstić information content (AvgIpc) is 2.64. The summed E-state index contributed by atoms with van der Waals surface area (Å²) >= 11 is 0. The van der Waals surface area contributed by atoms with Crippen molar-refractivity contribution in [1.82, 2.24) is 0 Å². The maximum atomic E-state index is 11.5. The Morgan fingerprint density at radius 2 is 2.27 bits per heavy atom. The molecule has 0 saturated heterocycles. The second-order valence-corrected chi connectivity index (χ2v) is 5.63. The summed E-state index contributed by atoms with van der Waals surface area (Å²) in [4.78, 5) is 11.5. The summed E-state index contributed by atoms with van der Waals surface area (Å²) in [6, 6.07) is 2.25. The van der Waals surface area contributed by atoms with Gasteiger partial charge in [-0.1, -0.05) is 0 Å². The number of carbonyl (C=O) groups is 1. The van der Waals surface area contributed by atoms with Crippen molar-refractivity contribution in [2.24, 2.45) is 5.73 Å². The van der Waals surface area contributed by atoms with Gasteiger partial charge in [-0.15, -0.1) is 0 Å². The molecule has 1 aromatic rings. The molecule has 0 fully saturated rings.